The standard InChI is InChI=1S/C15H22FNO2S/c1-3-9-17-15(2,14(18)19)8-5-10-20-13-7-4-6-12(16)11-13/h4,6-7,11,17H,3,5,8-10H2,1-2H3,(H,18,19). The van der Waals surface area contributed by atoms with E-state index in [1.165, 1.54) is 12.1 Å². The molecule has 2 N–H and O–H groups in total. The molecule has 0 aliphatic carbocycles. The van der Waals surface area contributed by atoms with Crippen molar-refractivity contribution in [3.63, 3.8) is 0 Å². The number of carbonyl (C=O) groups is 1. The van der Waals surface area contributed by atoms with Crippen molar-refractivity contribution in [2.75, 3.05) is 12.3 Å². The molecular formula is C15H22FNO2S. The van der Waals surface area contributed by atoms with Crippen LogP contribution in [-0.4, -0.2) is 28.9 Å². The highest BCUT2D eigenvalue weighted by Gasteiger charge is 2.31. The summed E-state index contributed by atoms with van der Waals surface area (Å²) < 4.78 is 13.0. The first kappa shape index (κ1) is 17.0. The normalized spacial score (nSPS) is 13.9. The molecule has 0 bridgehead atoms. The Hall–Kier alpha value is -1.07. The monoisotopic (exact) mass is 299 g/mol. The Bertz CT molecular complexity index is 442. The molecular weight excluding hydrogens is 277 g/mol. The summed E-state index contributed by atoms with van der Waals surface area (Å²) in [6.45, 7) is 4.42. The summed E-state index contributed by atoms with van der Waals surface area (Å²) in [7, 11) is 0. The number of nitrogens with one attached hydrogen (secondary N) is 1. The molecule has 0 spiro atoms. The van der Waals surface area contributed by atoms with Crippen molar-refractivity contribution in [2.24, 2.45) is 0 Å². The fourth-order valence-corrected chi connectivity index (χ4v) is 2.74. The predicted molar refractivity (Wildman–Crippen MR) is 80.7 cm³/mol. The lowest BCUT2D eigenvalue weighted by molar-refractivity contribution is -0.144. The molecule has 0 fully saturated rings. The average molecular weight is 299 g/mol. The molecule has 1 atom stereocenters. The number of aliphatic carboxylic acids is 1. The van der Waals surface area contributed by atoms with Crippen LogP contribution in [0, 0.1) is 5.82 Å². The summed E-state index contributed by atoms with van der Waals surface area (Å²) in [6, 6.07) is 6.46. The van der Waals surface area contributed by atoms with E-state index in [0.717, 1.165) is 23.5 Å². The van der Waals surface area contributed by atoms with Crippen LogP contribution in [0.4, 0.5) is 4.39 Å². The number of hydrogen-bond donors (Lipinski definition) is 2. The van der Waals surface area contributed by atoms with Gasteiger partial charge in [-0.2, -0.15) is 0 Å². The summed E-state index contributed by atoms with van der Waals surface area (Å²) in [5.41, 5.74) is -0.876. The second-order valence-electron chi connectivity index (χ2n) is 4.97. The maximum Gasteiger partial charge on any atom is 0.323 e. The Labute approximate surface area is 124 Å². The van der Waals surface area contributed by atoms with Gasteiger partial charge in [0.2, 0.25) is 0 Å². The van der Waals surface area contributed by atoms with Crippen molar-refractivity contribution in [2.45, 2.75) is 43.5 Å². The number of carboxylic acid groups (broad SMARTS) is 1. The van der Waals surface area contributed by atoms with Crippen LogP contribution in [0.3, 0.4) is 0 Å². The number of halogens is 1. The van der Waals surface area contributed by atoms with Gasteiger partial charge in [-0.3, -0.25) is 4.79 Å². The zero-order chi connectivity index (χ0) is 15.0. The van der Waals surface area contributed by atoms with Crippen LogP contribution in [0.15, 0.2) is 29.2 Å². The minimum atomic E-state index is -0.876. The van der Waals surface area contributed by atoms with E-state index in [4.69, 9.17) is 0 Å². The summed E-state index contributed by atoms with van der Waals surface area (Å²) in [5.74, 6) is -0.281. The minimum Gasteiger partial charge on any atom is -0.480 e. The van der Waals surface area contributed by atoms with Crippen LogP contribution >= 0.6 is 11.8 Å². The summed E-state index contributed by atoms with van der Waals surface area (Å²) >= 11 is 1.55. The van der Waals surface area contributed by atoms with E-state index >= 15 is 0 Å². The van der Waals surface area contributed by atoms with Crippen molar-refractivity contribution in [1.29, 1.82) is 0 Å². The van der Waals surface area contributed by atoms with Crippen LogP contribution in [0.5, 0.6) is 0 Å². The lowest BCUT2D eigenvalue weighted by atomic mass is 9.96. The van der Waals surface area contributed by atoms with Gasteiger partial charge in [0.25, 0.3) is 0 Å². The average Bonchev–Trinajstić information content (AvgIpc) is 2.41. The van der Waals surface area contributed by atoms with Crippen molar-refractivity contribution in [3.8, 4) is 0 Å². The fraction of sp³-hybridized carbons (Fsp3) is 0.533. The second-order valence-corrected chi connectivity index (χ2v) is 6.14. The number of carboxylic acids is 1. The molecule has 1 unspecified atom stereocenters. The van der Waals surface area contributed by atoms with Crippen molar-refractivity contribution < 1.29 is 14.3 Å². The lowest BCUT2D eigenvalue weighted by Gasteiger charge is -2.26. The minimum absolute atomic E-state index is 0.241. The SMILES string of the molecule is CCCNC(C)(CCCSc1cccc(F)c1)C(=O)O. The van der Waals surface area contributed by atoms with Crippen LogP contribution in [0.1, 0.15) is 33.1 Å². The lowest BCUT2D eigenvalue weighted by Crippen LogP contribution is -2.49. The molecule has 5 heteroatoms. The van der Waals surface area contributed by atoms with Crippen molar-refractivity contribution in [3.05, 3.63) is 30.1 Å². The van der Waals surface area contributed by atoms with Gasteiger partial charge in [0.1, 0.15) is 11.4 Å². The third-order valence-corrected chi connectivity index (χ3v) is 4.20. The Morgan fingerprint density at radius 3 is 2.85 bits per heavy atom. The van der Waals surface area contributed by atoms with Gasteiger partial charge < -0.3 is 10.4 Å². The third-order valence-electron chi connectivity index (χ3n) is 3.12. The Morgan fingerprint density at radius 2 is 2.25 bits per heavy atom. The van der Waals surface area contributed by atoms with Gasteiger partial charge in [0, 0.05) is 4.90 Å². The molecule has 1 aromatic rings. The molecule has 0 aromatic heterocycles. The molecule has 0 radical (unpaired) electrons. The quantitative estimate of drug-likeness (QED) is 0.541. The molecule has 1 rings (SSSR count). The zero-order valence-corrected chi connectivity index (χ0v) is 12.8. The molecule has 0 saturated heterocycles. The highest BCUT2D eigenvalue weighted by Crippen LogP contribution is 2.22. The molecule has 0 heterocycles. The first-order chi connectivity index (χ1) is 9.48. The van der Waals surface area contributed by atoms with E-state index in [1.807, 2.05) is 13.0 Å². The molecule has 1 aromatic carbocycles. The van der Waals surface area contributed by atoms with Crippen LogP contribution < -0.4 is 5.32 Å². The predicted octanol–water partition coefficient (Wildman–Crippen LogP) is 3.54. The highest BCUT2D eigenvalue weighted by atomic mass is 32.2. The Morgan fingerprint density at radius 1 is 1.50 bits per heavy atom. The van der Waals surface area contributed by atoms with E-state index in [2.05, 4.69) is 5.32 Å². The molecule has 0 amide bonds. The Balaban J connectivity index is 2.39. The molecule has 0 aliphatic heterocycles. The summed E-state index contributed by atoms with van der Waals surface area (Å²) in [4.78, 5) is 12.2. The number of rotatable bonds is 9. The molecule has 20 heavy (non-hydrogen) atoms. The van der Waals surface area contributed by atoms with Gasteiger partial charge in [-0.1, -0.05) is 13.0 Å². The topological polar surface area (TPSA) is 49.3 Å². The molecule has 0 aliphatic rings. The number of thioether (sulfide) groups is 1. The first-order valence-corrected chi connectivity index (χ1v) is 7.83. The van der Waals surface area contributed by atoms with E-state index in [9.17, 15) is 14.3 Å². The fourth-order valence-electron chi connectivity index (χ4n) is 1.84. The van der Waals surface area contributed by atoms with Gasteiger partial charge >= 0.3 is 5.97 Å². The maximum absolute atomic E-state index is 13.0. The smallest absolute Gasteiger partial charge is 0.323 e. The van der Waals surface area contributed by atoms with Crippen LogP contribution in [0.25, 0.3) is 0 Å². The largest absolute Gasteiger partial charge is 0.480 e. The maximum atomic E-state index is 13.0. The van der Waals surface area contributed by atoms with E-state index in [0.29, 0.717) is 13.0 Å². The van der Waals surface area contributed by atoms with Gasteiger partial charge in [-0.15, -0.1) is 11.8 Å². The van der Waals surface area contributed by atoms with Crippen molar-refractivity contribution in [1.82, 2.24) is 5.32 Å². The van der Waals surface area contributed by atoms with E-state index in [1.54, 1.807) is 24.8 Å². The number of hydrogen-bond acceptors (Lipinski definition) is 3. The van der Waals surface area contributed by atoms with Gasteiger partial charge in [0.15, 0.2) is 0 Å². The molecule has 112 valence electrons. The van der Waals surface area contributed by atoms with Gasteiger partial charge in [-0.25, -0.2) is 4.39 Å². The van der Waals surface area contributed by atoms with Crippen LogP contribution in [-0.2, 0) is 4.79 Å². The molecule has 3 nitrogen and oxygen atoms in total. The molecule has 0 saturated carbocycles. The van der Waals surface area contributed by atoms with E-state index in [-0.39, 0.29) is 5.82 Å². The third kappa shape index (κ3) is 5.51. The summed E-state index contributed by atoms with van der Waals surface area (Å²) in [6.07, 6.45) is 2.23. The van der Waals surface area contributed by atoms with Gasteiger partial charge in [-0.05, 0) is 56.7 Å². The van der Waals surface area contributed by atoms with Crippen molar-refractivity contribution >= 4 is 17.7 Å². The highest BCUT2D eigenvalue weighted by molar-refractivity contribution is 7.99. The summed E-state index contributed by atoms with van der Waals surface area (Å²) in [5, 5.41) is 12.4. The Kier molecular flexibility index (Phi) is 7.02. The van der Waals surface area contributed by atoms with Crippen LogP contribution in [0.2, 0.25) is 0 Å². The van der Waals surface area contributed by atoms with E-state index < -0.39 is 11.5 Å². The van der Waals surface area contributed by atoms with Gasteiger partial charge in [0.05, 0.1) is 0 Å². The zero-order valence-electron chi connectivity index (χ0n) is 12.0. The number of benzene rings is 1. The second kappa shape index (κ2) is 8.27. The first-order valence-electron chi connectivity index (χ1n) is 6.85.